The molecule has 2 heterocycles. The number of rotatable bonds is 4. The molecule has 0 spiro atoms. The van der Waals surface area contributed by atoms with Crippen LogP contribution in [0.1, 0.15) is 24.9 Å². The van der Waals surface area contributed by atoms with E-state index in [0.29, 0.717) is 0 Å². The maximum absolute atomic E-state index is 6.24. The van der Waals surface area contributed by atoms with Crippen LogP contribution in [-0.4, -0.2) is 47.5 Å². The van der Waals surface area contributed by atoms with Gasteiger partial charge in [-0.3, -0.25) is 4.68 Å². The van der Waals surface area contributed by atoms with Crippen molar-refractivity contribution in [2.75, 3.05) is 26.7 Å². The topological polar surface area (TPSA) is 56.3 Å². The second-order valence-electron chi connectivity index (χ2n) is 4.73. The molecule has 2 N–H and O–H groups in total. The minimum absolute atomic E-state index is 0.0769. The molecule has 2 unspecified atom stereocenters. The van der Waals surface area contributed by atoms with E-state index in [9.17, 15) is 0 Å². The number of morpholine rings is 1. The van der Waals surface area contributed by atoms with Gasteiger partial charge in [0.2, 0.25) is 0 Å². The first-order chi connectivity index (χ1) is 8.20. The van der Waals surface area contributed by atoms with Crippen molar-refractivity contribution in [3.8, 4) is 0 Å². The third kappa shape index (κ3) is 3.06. The number of nitrogens with zero attached hydrogens (tertiary/aromatic N) is 3. The van der Waals surface area contributed by atoms with Gasteiger partial charge in [-0.1, -0.05) is 6.92 Å². The Morgan fingerprint density at radius 1 is 1.65 bits per heavy atom. The molecule has 1 saturated heterocycles. The minimum Gasteiger partial charge on any atom is -0.374 e. The molecule has 0 saturated carbocycles. The van der Waals surface area contributed by atoms with Gasteiger partial charge in [-0.2, -0.15) is 5.10 Å². The molecule has 0 radical (unpaired) electrons. The van der Waals surface area contributed by atoms with E-state index in [0.717, 1.165) is 38.2 Å². The fraction of sp³-hybridized carbons (Fsp3) is 0.750. The SMILES string of the molecule is CCCn1cc(C(N)C2CN(C)CCO2)cn1. The lowest BCUT2D eigenvalue weighted by Gasteiger charge is -2.33. The van der Waals surface area contributed by atoms with Crippen LogP contribution in [-0.2, 0) is 11.3 Å². The van der Waals surface area contributed by atoms with Gasteiger partial charge in [-0.05, 0) is 13.5 Å². The molecule has 0 amide bonds. The van der Waals surface area contributed by atoms with Gasteiger partial charge in [0.1, 0.15) is 0 Å². The third-order valence-electron chi connectivity index (χ3n) is 3.19. The minimum atomic E-state index is -0.0802. The number of aromatic nitrogens is 2. The maximum atomic E-state index is 6.24. The molecule has 1 aliphatic rings. The fourth-order valence-corrected chi connectivity index (χ4v) is 2.15. The van der Waals surface area contributed by atoms with Gasteiger partial charge in [0.05, 0.1) is 24.9 Å². The van der Waals surface area contributed by atoms with Crippen molar-refractivity contribution < 1.29 is 4.74 Å². The van der Waals surface area contributed by atoms with E-state index in [1.807, 2.05) is 17.1 Å². The van der Waals surface area contributed by atoms with Gasteiger partial charge in [0, 0.05) is 31.4 Å². The Kier molecular flexibility index (Phi) is 4.15. The summed E-state index contributed by atoms with van der Waals surface area (Å²) in [7, 11) is 2.10. The zero-order valence-corrected chi connectivity index (χ0v) is 10.7. The number of aryl methyl sites for hydroxylation is 1. The normalized spacial score (nSPS) is 23.8. The van der Waals surface area contributed by atoms with Crippen LogP contribution in [0, 0.1) is 0 Å². The van der Waals surface area contributed by atoms with Crippen LogP contribution in [0.15, 0.2) is 12.4 Å². The van der Waals surface area contributed by atoms with E-state index in [-0.39, 0.29) is 12.1 Å². The van der Waals surface area contributed by atoms with Crippen LogP contribution in [0.3, 0.4) is 0 Å². The number of ether oxygens (including phenoxy) is 1. The summed E-state index contributed by atoms with van der Waals surface area (Å²) in [5, 5.41) is 4.31. The van der Waals surface area contributed by atoms with Crippen molar-refractivity contribution in [2.45, 2.75) is 32.0 Å². The van der Waals surface area contributed by atoms with Crippen molar-refractivity contribution in [2.24, 2.45) is 5.73 Å². The zero-order chi connectivity index (χ0) is 12.3. The van der Waals surface area contributed by atoms with Gasteiger partial charge in [-0.25, -0.2) is 0 Å². The van der Waals surface area contributed by atoms with Crippen LogP contribution >= 0.6 is 0 Å². The molecule has 1 fully saturated rings. The largest absolute Gasteiger partial charge is 0.374 e. The van der Waals surface area contributed by atoms with Gasteiger partial charge in [-0.15, -0.1) is 0 Å². The van der Waals surface area contributed by atoms with Crippen LogP contribution in [0.4, 0.5) is 0 Å². The summed E-state index contributed by atoms with van der Waals surface area (Å²) in [5.41, 5.74) is 7.30. The van der Waals surface area contributed by atoms with Crippen LogP contribution in [0.2, 0.25) is 0 Å². The van der Waals surface area contributed by atoms with E-state index in [1.54, 1.807) is 0 Å². The van der Waals surface area contributed by atoms with Crippen molar-refractivity contribution in [3.05, 3.63) is 18.0 Å². The Morgan fingerprint density at radius 3 is 3.18 bits per heavy atom. The molecule has 1 aromatic rings. The Hall–Kier alpha value is -0.910. The lowest BCUT2D eigenvalue weighted by Crippen LogP contribution is -2.45. The Bertz CT molecular complexity index is 352. The maximum Gasteiger partial charge on any atom is 0.0895 e. The van der Waals surface area contributed by atoms with E-state index in [4.69, 9.17) is 10.5 Å². The Morgan fingerprint density at radius 2 is 2.47 bits per heavy atom. The smallest absolute Gasteiger partial charge is 0.0895 e. The lowest BCUT2D eigenvalue weighted by atomic mass is 10.0. The molecule has 1 aliphatic heterocycles. The molecule has 0 aromatic carbocycles. The monoisotopic (exact) mass is 238 g/mol. The zero-order valence-electron chi connectivity index (χ0n) is 10.7. The van der Waals surface area contributed by atoms with Crippen LogP contribution in [0.25, 0.3) is 0 Å². The summed E-state index contributed by atoms with van der Waals surface area (Å²) in [5.74, 6) is 0. The first-order valence-corrected chi connectivity index (χ1v) is 6.28. The molecule has 5 nitrogen and oxygen atoms in total. The lowest BCUT2D eigenvalue weighted by molar-refractivity contribution is -0.0326. The van der Waals surface area contributed by atoms with Gasteiger partial charge < -0.3 is 15.4 Å². The molecule has 0 bridgehead atoms. The molecule has 5 heteroatoms. The van der Waals surface area contributed by atoms with Crippen molar-refractivity contribution in [3.63, 3.8) is 0 Å². The Labute approximate surface area is 103 Å². The summed E-state index contributed by atoms with van der Waals surface area (Å²) in [6.45, 7) is 5.72. The molecular formula is C12H22N4O. The molecule has 96 valence electrons. The van der Waals surface area contributed by atoms with E-state index in [1.165, 1.54) is 0 Å². The average Bonchev–Trinajstić information content (AvgIpc) is 2.77. The molecule has 2 rings (SSSR count). The summed E-state index contributed by atoms with van der Waals surface area (Å²) in [6.07, 6.45) is 5.05. The third-order valence-corrected chi connectivity index (χ3v) is 3.19. The highest BCUT2D eigenvalue weighted by Gasteiger charge is 2.25. The van der Waals surface area contributed by atoms with Crippen molar-refractivity contribution in [1.29, 1.82) is 0 Å². The van der Waals surface area contributed by atoms with Crippen molar-refractivity contribution in [1.82, 2.24) is 14.7 Å². The van der Waals surface area contributed by atoms with E-state index in [2.05, 4.69) is 24.0 Å². The number of hydrogen-bond acceptors (Lipinski definition) is 4. The number of hydrogen-bond donors (Lipinski definition) is 1. The quantitative estimate of drug-likeness (QED) is 0.835. The molecule has 1 aromatic heterocycles. The highest BCUT2D eigenvalue weighted by molar-refractivity contribution is 5.12. The predicted octanol–water partition coefficient (Wildman–Crippen LogP) is 0.624. The van der Waals surface area contributed by atoms with E-state index >= 15 is 0 Å². The van der Waals surface area contributed by atoms with Gasteiger partial charge >= 0.3 is 0 Å². The standard InChI is InChI=1S/C12H22N4O/c1-3-4-16-8-10(7-14-16)12(13)11-9-15(2)5-6-17-11/h7-8,11-12H,3-6,9,13H2,1-2H3. The molecular weight excluding hydrogens is 216 g/mol. The highest BCUT2D eigenvalue weighted by Crippen LogP contribution is 2.19. The van der Waals surface area contributed by atoms with Gasteiger partial charge in [0.25, 0.3) is 0 Å². The second kappa shape index (κ2) is 5.62. The molecule has 17 heavy (non-hydrogen) atoms. The number of likely N-dealkylation sites (N-methyl/N-ethyl adjacent to an activating group) is 1. The summed E-state index contributed by atoms with van der Waals surface area (Å²) >= 11 is 0. The van der Waals surface area contributed by atoms with Crippen LogP contribution in [0.5, 0.6) is 0 Å². The second-order valence-corrected chi connectivity index (χ2v) is 4.73. The van der Waals surface area contributed by atoms with Gasteiger partial charge in [0.15, 0.2) is 0 Å². The molecule has 0 aliphatic carbocycles. The predicted molar refractivity (Wildman–Crippen MR) is 66.7 cm³/mol. The average molecular weight is 238 g/mol. The summed E-state index contributed by atoms with van der Waals surface area (Å²) in [6, 6.07) is -0.0802. The Balaban J connectivity index is 1.99. The number of nitrogens with two attached hydrogens (primary N) is 1. The highest BCUT2D eigenvalue weighted by atomic mass is 16.5. The molecule has 2 atom stereocenters. The first kappa shape index (κ1) is 12.5. The summed E-state index contributed by atoms with van der Waals surface area (Å²) in [4.78, 5) is 2.25. The first-order valence-electron chi connectivity index (χ1n) is 6.28. The summed E-state index contributed by atoms with van der Waals surface area (Å²) < 4.78 is 7.68. The van der Waals surface area contributed by atoms with Crippen molar-refractivity contribution >= 4 is 0 Å². The van der Waals surface area contributed by atoms with Crippen LogP contribution < -0.4 is 5.73 Å². The van der Waals surface area contributed by atoms with E-state index < -0.39 is 0 Å². The fourth-order valence-electron chi connectivity index (χ4n) is 2.15.